The fraction of sp³-hybridized carbons (Fsp3) is 0.895. The van der Waals surface area contributed by atoms with Gasteiger partial charge in [0, 0.05) is 12.8 Å². The van der Waals surface area contributed by atoms with E-state index in [1.807, 2.05) is 0 Å². The van der Waals surface area contributed by atoms with Crippen LogP contribution >= 0.6 is 0 Å². The normalized spacial score (nSPS) is 10.6. The van der Waals surface area contributed by atoms with Crippen LogP contribution in [0, 0.1) is 0 Å². The molecule has 0 unspecified atom stereocenters. The number of Topliss-reactive ketones (excluding diaryl/α,β-unsaturated/α-hetero) is 1. The number of hydrogen-bond donors (Lipinski definition) is 0. The molecule has 22 heavy (non-hydrogen) atoms. The van der Waals surface area contributed by atoms with Gasteiger partial charge in [0.25, 0.3) is 0 Å². The minimum Gasteiger partial charge on any atom is -0.469 e. The number of ether oxygens (including phenoxy) is 1. The first-order chi connectivity index (χ1) is 10.7. The van der Waals surface area contributed by atoms with Gasteiger partial charge in [-0.15, -0.1) is 0 Å². The number of hydrogen-bond acceptors (Lipinski definition) is 3. The van der Waals surface area contributed by atoms with E-state index in [0.717, 1.165) is 25.7 Å². The average Bonchev–Trinajstić information content (AvgIpc) is 2.50. The third kappa shape index (κ3) is 17.2. The van der Waals surface area contributed by atoms with Crippen LogP contribution in [0.25, 0.3) is 0 Å². The molecule has 0 heterocycles. The molecule has 0 spiro atoms. The molecule has 0 rings (SSSR count). The van der Waals surface area contributed by atoms with Crippen LogP contribution < -0.4 is 0 Å². The Morgan fingerprint density at radius 2 is 0.909 bits per heavy atom. The molecule has 0 saturated carbocycles. The smallest absolute Gasteiger partial charge is 0.305 e. The lowest BCUT2D eigenvalue weighted by Gasteiger charge is -2.03. The van der Waals surface area contributed by atoms with Gasteiger partial charge in [-0.2, -0.15) is 0 Å². The summed E-state index contributed by atoms with van der Waals surface area (Å²) in [6.45, 7) is 1.68. The molecular formula is C19H36O3. The Hall–Kier alpha value is -0.860. The fourth-order valence-corrected chi connectivity index (χ4v) is 2.69. The highest BCUT2D eigenvalue weighted by Gasteiger charge is 1.99. The van der Waals surface area contributed by atoms with Gasteiger partial charge in [-0.05, 0) is 19.8 Å². The van der Waals surface area contributed by atoms with Crippen molar-refractivity contribution in [3.8, 4) is 0 Å². The monoisotopic (exact) mass is 312 g/mol. The van der Waals surface area contributed by atoms with Crippen LogP contribution in [-0.4, -0.2) is 18.9 Å². The van der Waals surface area contributed by atoms with Gasteiger partial charge < -0.3 is 9.53 Å². The number of carbonyl (C=O) groups is 2. The molecule has 0 bridgehead atoms. The second-order valence-electron chi connectivity index (χ2n) is 6.37. The van der Waals surface area contributed by atoms with Crippen LogP contribution in [0.15, 0.2) is 0 Å². The Kier molecular flexibility index (Phi) is 15.9. The largest absolute Gasteiger partial charge is 0.469 e. The van der Waals surface area contributed by atoms with Gasteiger partial charge in [-0.3, -0.25) is 4.79 Å². The summed E-state index contributed by atoms with van der Waals surface area (Å²) in [5, 5.41) is 0. The van der Waals surface area contributed by atoms with E-state index in [-0.39, 0.29) is 5.97 Å². The summed E-state index contributed by atoms with van der Waals surface area (Å²) >= 11 is 0. The molecule has 0 saturated heterocycles. The molecule has 0 fully saturated rings. The predicted octanol–water partition coefficient (Wildman–Crippen LogP) is 5.60. The van der Waals surface area contributed by atoms with Crippen LogP contribution in [0.3, 0.4) is 0 Å². The molecule has 0 N–H and O–H groups in total. The minimum absolute atomic E-state index is 0.0821. The van der Waals surface area contributed by atoms with Crippen LogP contribution in [0.5, 0.6) is 0 Å². The van der Waals surface area contributed by atoms with Crippen LogP contribution in [0.2, 0.25) is 0 Å². The maximum absolute atomic E-state index is 10.9. The first kappa shape index (κ1) is 21.1. The number of unbranched alkanes of at least 4 members (excludes halogenated alkanes) is 12. The van der Waals surface area contributed by atoms with Crippen LogP contribution in [0.1, 0.15) is 103 Å². The van der Waals surface area contributed by atoms with Gasteiger partial charge in [0.05, 0.1) is 7.11 Å². The molecule has 0 aliphatic heterocycles. The van der Waals surface area contributed by atoms with Crippen molar-refractivity contribution in [2.75, 3.05) is 7.11 Å². The standard InChI is InChI=1S/C19H36O3/c1-18(20)16-14-12-10-8-6-4-3-5-7-9-11-13-15-17-19(21)22-2/h3-17H2,1-2H3. The Morgan fingerprint density at radius 1 is 0.591 bits per heavy atom. The average molecular weight is 312 g/mol. The quantitative estimate of drug-likeness (QED) is 0.275. The minimum atomic E-state index is -0.0821. The third-order valence-corrected chi connectivity index (χ3v) is 4.14. The second kappa shape index (κ2) is 16.5. The Balaban J connectivity index is 3.02. The van der Waals surface area contributed by atoms with E-state index in [4.69, 9.17) is 0 Å². The molecule has 0 aliphatic rings. The summed E-state index contributed by atoms with van der Waals surface area (Å²) in [4.78, 5) is 21.7. The van der Waals surface area contributed by atoms with Crippen molar-refractivity contribution in [1.82, 2.24) is 0 Å². The Labute approximate surface area is 137 Å². The number of ketones is 1. The van der Waals surface area contributed by atoms with E-state index in [0.29, 0.717) is 12.2 Å². The molecule has 0 aromatic rings. The highest BCUT2D eigenvalue weighted by Crippen LogP contribution is 2.13. The highest BCUT2D eigenvalue weighted by atomic mass is 16.5. The number of methoxy groups -OCH3 is 1. The van der Waals surface area contributed by atoms with Gasteiger partial charge in [-0.25, -0.2) is 0 Å². The second-order valence-corrected chi connectivity index (χ2v) is 6.37. The van der Waals surface area contributed by atoms with E-state index in [1.54, 1.807) is 6.92 Å². The van der Waals surface area contributed by atoms with Gasteiger partial charge in [0.1, 0.15) is 5.78 Å². The molecule has 0 aromatic heterocycles. The van der Waals surface area contributed by atoms with Crippen molar-refractivity contribution in [3.05, 3.63) is 0 Å². The SMILES string of the molecule is COC(=O)CCCCCCCCCCCCCCCC(C)=O. The zero-order valence-corrected chi connectivity index (χ0v) is 14.8. The highest BCUT2D eigenvalue weighted by molar-refractivity contribution is 5.75. The van der Waals surface area contributed by atoms with E-state index >= 15 is 0 Å². The summed E-state index contributed by atoms with van der Waals surface area (Å²) in [5.41, 5.74) is 0. The van der Waals surface area contributed by atoms with Crippen molar-refractivity contribution in [2.45, 2.75) is 103 Å². The number of carbonyl (C=O) groups excluding carboxylic acids is 2. The molecule has 3 nitrogen and oxygen atoms in total. The van der Waals surface area contributed by atoms with E-state index in [9.17, 15) is 9.59 Å². The van der Waals surface area contributed by atoms with Gasteiger partial charge in [0.2, 0.25) is 0 Å². The molecule has 0 atom stereocenters. The molecule has 130 valence electrons. The summed E-state index contributed by atoms with van der Waals surface area (Å²) in [7, 11) is 1.45. The summed E-state index contributed by atoms with van der Waals surface area (Å²) < 4.78 is 4.62. The maximum atomic E-state index is 10.9. The van der Waals surface area contributed by atoms with Crippen LogP contribution in [-0.2, 0) is 14.3 Å². The molecule has 0 radical (unpaired) electrons. The molecular weight excluding hydrogens is 276 g/mol. The summed E-state index contributed by atoms with van der Waals surface area (Å²) in [6, 6.07) is 0. The van der Waals surface area contributed by atoms with Gasteiger partial charge in [-0.1, -0.05) is 70.6 Å². The van der Waals surface area contributed by atoms with Crippen molar-refractivity contribution in [2.24, 2.45) is 0 Å². The Bertz CT molecular complexity index is 274. The predicted molar refractivity (Wildman–Crippen MR) is 92.0 cm³/mol. The van der Waals surface area contributed by atoms with Crippen molar-refractivity contribution in [1.29, 1.82) is 0 Å². The molecule has 3 heteroatoms. The van der Waals surface area contributed by atoms with Crippen molar-refractivity contribution < 1.29 is 14.3 Å². The molecule has 0 amide bonds. The van der Waals surface area contributed by atoms with E-state index in [1.165, 1.54) is 71.3 Å². The maximum Gasteiger partial charge on any atom is 0.305 e. The Morgan fingerprint density at radius 3 is 1.23 bits per heavy atom. The first-order valence-electron chi connectivity index (χ1n) is 9.23. The fourth-order valence-electron chi connectivity index (χ4n) is 2.69. The lowest BCUT2D eigenvalue weighted by molar-refractivity contribution is -0.140. The lowest BCUT2D eigenvalue weighted by Crippen LogP contribution is -1.99. The topological polar surface area (TPSA) is 43.4 Å². The number of rotatable bonds is 16. The van der Waals surface area contributed by atoms with Gasteiger partial charge >= 0.3 is 5.97 Å². The lowest BCUT2D eigenvalue weighted by atomic mass is 10.0. The van der Waals surface area contributed by atoms with Crippen LogP contribution in [0.4, 0.5) is 0 Å². The molecule has 0 aliphatic carbocycles. The summed E-state index contributed by atoms with van der Waals surface area (Å²) in [6.07, 6.45) is 17.6. The summed E-state index contributed by atoms with van der Waals surface area (Å²) in [5.74, 6) is 0.242. The van der Waals surface area contributed by atoms with Crippen molar-refractivity contribution in [3.63, 3.8) is 0 Å². The zero-order valence-electron chi connectivity index (χ0n) is 14.8. The van der Waals surface area contributed by atoms with E-state index in [2.05, 4.69) is 4.74 Å². The zero-order chi connectivity index (χ0) is 16.5. The third-order valence-electron chi connectivity index (χ3n) is 4.14. The van der Waals surface area contributed by atoms with Gasteiger partial charge in [0.15, 0.2) is 0 Å². The molecule has 0 aromatic carbocycles. The van der Waals surface area contributed by atoms with E-state index < -0.39 is 0 Å². The van der Waals surface area contributed by atoms with Crippen molar-refractivity contribution >= 4 is 11.8 Å². The number of esters is 1. The first-order valence-corrected chi connectivity index (χ1v) is 9.23.